The maximum atomic E-state index is 11.5. The summed E-state index contributed by atoms with van der Waals surface area (Å²) in [5.74, 6) is 0. The summed E-state index contributed by atoms with van der Waals surface area (Å²) in [6, 6.07) is 5.81. The second-order valence-corrected chi connectivity index (χ2v) is 4.12. The molecule has 1 rings (SSSR count). The monoisotopic (exact) mass is 227 g/mol. The minimum absolute atomic E-state index is 0.0287. The Morgan fingerprint density at radius 2 is 2.07 bits per heavy atom. The third kappa shape index (κ3) is 2.73. The van der Waals surface area contributed by atoms with E-state index >= 15 is 0 Å². The van der Waals surface area contributed by atoms with Crippen molar-refractivity contribution in [1.82, 2.24) is 0 Å². The molecule has 0 aliphatic carbocycles. The summed E-state index contributed by atoms with van der Waals surface area (Å²) in [4.78, 5) is 13.2. The summed E-state index contributed by atoms with van der Waals surface area (Å²) < 4.78 is 27.6. The molecule has 80 valence electrons. The molecular formula is C9H9NO4S. The van der Waals surface area contributed by atoms with E-state index in [0.717, 1.165) is 0 Å². The van der Waals surface area contributed by atoms with Crippen molar-refractivity contribution >= 4 is 21.9 Å². The summed E-state index contributed by atoms with van der Waals surface area (Å²) >= 11 is 0. The minimum Gasteiger partial charge on any atom is -0.267 e. The average Bonchev–Trinajstić information content (AvgIpc) is 2.19. The van der Waals surface area contributed by atoms with Crippen molar-refractivity contribution in [3.8, 4) is 0 Å². The second-order valence-electron chi connectivity index (χ2n) is 2.53. The maximum Gasteiger partial charge on any atom is 0.299 e. The van der Waals surface area contributed by atoms with Crippen LogP contribution in [-0.2, 0) is 19.1 Å². The van der Waals surface area contributed by atoms with E-state index in [2.05, 4.69) is 9.18 Å². The Balaban J connectivity index is 3.30. The smallest absolute Gasteiger partial charge is 0.267 e. The lowest BCUT2D eigenvalue weighted by Crippen LogP contribution is -2.05. The Morgan fingerprint density at radius 1 is 1.40 bits per heavy atom. The zero-order valence-corrected chi connectivity index (χ0v) is 8.82. The first-order valence-corrected chi connectivity index (χ1v) is 5.59. The van der Waals surface area contributed by atoms with E-state index in [-0.39, 0.29) is 17.2 Å². The highest BCUT2D eigenvalue weighted by atomic mass is 32.2. The molecule has 0 saturated heterocycles. The first-order valence-electron chi connectivity index (χ1n) is 4.18. The Bertz CT molecular complexity index is 489. The van der Waals surface area contributed by atoms with Gasteiger partial charge in [0.25, 0.3) is 10.1 Å². The third-order valence-corrected chi connectivity index (χ3v) is 3.00. The van der Waals surface area contributed by atoms with Crippen LogP contribution in [0.1, 0.15) is 6.92 Å². The molecule has 0 radical (unpaired) electrons. The van der Waals surface area contributed by atoms with E-state index in [4.69, 9.17) is 0 Å². The molecule has 0 heterocycles. The molecule has 6 heteroatoms. The van der Waals surface area contributed by atoms with Crippen LogP contribution < -0.4 is 0 Å². The van der Waals surface area contributed by atoms with Gasteiger partial charge in [-0.1, -0.05) is 12.1 Å². The van der Waals surface area contributed by atoms with Crippen molar-refractivity contribution < 1.29 is 17.4 Å². The molecule has 0 spiro atoms. The highest BCUT2D eigenvalue weighted by molar-refractivity contribution is 7.87. The average molecular weight is 227 g/mol. The van der Waals surface area contributed by atoms with Crippen LogP contribution in [0.15, 0.2) is 34.2 Å². The lowest BCUT2D eigenvalue weighted by atomic mass is 10.3. The summed E-state index contributed by atoms with van der Waals surface area (Å²) in [7, 11) is -3.84. The lowest BCUT2D eigenvalue weighted by molar-refractivity contribution is 0.338. The fourth-order valence-corrected chi connectivity index (χ4v) is 2.08. The van der Waals surface area contributed by atoms with Crippen molar-refractivity contribution in [3.63, 3.8) is 0 Å². The van der Waals surface area contributed by atoms with Crippen molar-refractivity contribution in [3.05, 3.63) is 24.3 Å². The van der Waals surface area contributed by atoms with Crippen LogP contribution in [0.2, 0.25) is 0 Å². The van der Waals surface area contributed by atoms with Crippen molar-refractivity contribution in [1.29, 1.82) is 0 Å². The first-order chi connectivity index (χ1) is 7.11. The van der Waals surface area contributed by atoms with Crippen LogP contribution in [0.25, 0.3) is 0 Å². The van der Waals surface area contributed by atoms with E-state index in [1.165, 1.54) is 24.3 Å². The molecule has 0 atom stereocenters. The molecular weight excluding hydrogens is 218 g/mol. The van der Waals surface area contributed by atoms with E-state index < -0.39 is 10.1 Å². The number of carbonyl (C=O) groups excluding carboxylic acids is 1. The van der Waals surface area contributed by atoms with Crippen LogP contribution in [-0.4, -0.2) is 21.1 Å². The van der Waals surface area contributed by atoms with Gasteiger partial charge in [-0.3, -0.25) is 4.18 Å². The van der Waals surface area contributed by atoms with Crippen LogP contribution in [0.5, 0.6) is 0 Å². The number of rotatable bonds is 4. The van der Waals surface area contributed by atoms with Crippen molar-refractivity contribution in [2.45, 2.75) is 11.8 Å². The van der Waals surface area contributed by atoms with Gasteiger partial charge < -0.3 is 0 Å². The SMILES string of the molecule is CCOS(=O)(=O)c1ccccc1N=C=O. The molecule has 1 aromatic rings. The topological polar surface area (TPSA) is 72.8 Å². The quantitative estimate of drug-likeness (QED) is 0.442. The Hall–Kier alpha value is -1.49. The molecule has 0 bridgehead atoms. The third-order valence-electron chi connectivity index (χ3n) is 1.57. The standard InChI is InChI=1S/C9H9NO4S/c1-2-14-15(12,13)9-6-4-3-5-8(9)10-7-11/h3-6H,2H2,1H3. The predicted octanol–water partition coefficient (Wildman–Crippen LogP) is 1.38. The molecule has 0 unspecified atom stereocenters. The van der Waals surface area contributed by atoms with Crippen molar-refractivity contribution in [2.24, 2.45) is 4.99 Å². The molecule has 15 heavy (non-hydrogen) atoms. The molecule has 0 aliphatic heterocycles. The summed E-state index contributed by atoms with van der Waals surface area (Å²) in [5, 5.41) is 0. The molecule has 0 fully saturated rings. The van der Waals surface area contributed by atoms with E-state index in [1.807, 2.05) is 0 Å². The number of para-hydroxylation sites is 1. The number of hydrogen-bond donors (Lipinski definition) is 0. The first kappa shape index (κ1) is 11.6. The van der Waals surface area contributed by atoms with E-state index in [0.29, 0.717) is 0 Å². The molecule has 0 aliphatic rings. The highest BCUT2D eigenvalue weighted by Gasteiger charge is 2.18. The van der Waals surface area contributed by atoms with Gasteiger partial charge in [-0.2, -0.15) is 13.4 Å². The molecule has 0 amide bonds. The predicted molar refractivity (Wildman–Crippen MR) is 53.0 cm³/mol. The van der Waals surface area contributed by atoms with Gasteiger partial charge in [0.05, 0.1) is 12.3 Å². The van der Waals surface area contributed by atoms with Gasteiger partial charge in [0.15, 0.2) is 0 Å². The Morgan fingerprint density at radius 3 is 2.67 bits per heavy atom. The second kappa shape index (κ2) is 4.84. The van der Waals surface area contributed by atoms with Gasteiger partial charge >= 0.3 is 0 Å². The summed E-state index contributed by atoms with van der Waals surface area (Å²) in [6.07, 6.45) is 1.29. The summed E-state index contributed by atoms with van der Waals surface area (Å²) in [6.45, 7) is 1.59. The molecule has 0 aromatic heterocycles. The Kier molecular flexibility index (Phi) is 3.74. The largest absolute Gasteiger partial charge is 0.299 e. The van der Waals surface area contributed by atoms with Gasteiger partial charge in [0.1, 0.15) is 4.90 Å². The number of nitrogens with zero attached hydrogens (tertiary/aromatic N) is 1. The van der Waals surface area contributed by atoms with Crippen LogP contribution in [0.4, 0.5) is 5.69 Å². The normalized spacial score (nSPS) is 10.7. The molecule has 0 N–H and O–H groups in total. The zero-order chi connectivity index (χ0) is 11.3. The summed E-state index contributed by atoms with van der Waals surface area (Å²) in [5.41, 5.74) is 0.0287. The fraction of sp³-hybridized carbons (Fsp3) is 0.222. The van der Waals surface area contributed by atoms with Gasteiger partial charge in [-0.05, 0) is 19.1 Å². The van der Waals surface area contributed by atoms with Gasteiger partial charge in [-0.25, -0.2) is 4.79 Å². The number of aliphatic imine (C=N–C) groups is 1. The molecule has 1 aromatic carbocycles. The van der Waals surface area contributed by atoms with Gasteiger partial charge in [0, 0.05) is 0 Å². The van der Waals surface area contributed by atoms with Crippen molar-refractivity contribution in [2.75, 3.05) is 6.61 Å². The van der Waals surface area contributed by atoms with Gasteiger partial charge in [0.2, 0.25) is 6.08 Å². The van der Waals surface area contributed by atoms with Crippen LogP contribution in [0.3, 0.4) is 0 Å². The minimum atomic E-state index is -3.84. The van der Waals surface area contributed by atoms with E-state index in [9.17, 15) is 13.2 Å². The lowest BCUT2D eigenvalue weighted by Gasteiger charge is -2.04. The Labute approximate surface area is 87.5 Å². The molecule has 5 nitrogen and oxygen atoms in total. The van der Waals surface area contributed by atoms with Crippen LogP contribution >= 0.6 is 0 Å². The molecule has 0 saturated carbocycles. The van der Waals surface area contributed by atoms with Crippen LogP contribution in [0, 0.1) is 0 Å². The zero-order valence-electron chi connectivity index (χ0n) is 8.00. The highest BCUT2D eigenvalue weighted by Crippen LogP contribution is 2.24. The number of benzene rings is 1. The number of hydrogen-bond acceptors (Lipinski definition) is 5. The van der Waals surface area contributed by atoms with E-state index in [1.54, 1.807) is 13.0 Å². The number of isocyanates is 1. The maximum absolute atomic E-state index is 11.5. The fourth-order valence-electron chi connectivity index (χ4n) is 1.03. The van der Waals surface area contributed by atoms with Gasteiger partial charge in [-0.15, -0.1) is 0 Å².